The van der Waals surface area contributed by atoms with E-state index < -0.39 is 10.0 Å². The number of nitrogens with one attached hydrogen (secondary N) is 2. The fraction of sp³-hybridized carbons (Fsp3) is 0.421. The Morgan fingerprint density at radius 2 is 1.89 bits per heavy atom. The van der Waals surface area contributed by atoms with E-state index in [1.807, 2.05) is 13.0 Å². The molecule has 0 aliphatic carbocycles. The van der Waals surface area contributed by atoms with Crippen molar-refractivity contribution in [3.05, 3.63) is 52.2 Å². The molecule has 0 saturated heterocycles. The van der Waals surface area contributed by atoms with Gasteiger partial charge in [0.25, 0.3) is 0 Å². The minimum absolute atomic E-state index is 0. The number of aliphatic imine (C=N–C) groups is 1. The molecule has 1 heterocycles. The molecule has 28 heavy (non-hydrogen) atoms. The average molecular weight is 537 g/mol. The normalized spacial score (nSPS) is 13.1. The lowest BCUT2D eigenvalue weighted by Gasteiger charge is -2.16. The van der Waals surface area contributed by atoms with Gasteiger partial charge in [-0.25, -0.2) is 17.7 Å². The van der Waals surface area contributed by atoms with Crippen molar-refractivity contribution in [2.45, 2.75) is 31.2 Å². The summed E-state index contributed by atoms with van der Waals surface area (Å²) >= 11 is 1.74. The highest BCUT2D eigenvalue weighted by Crippen LogP contribution is 2.20. The fourth-order valence-corrected chi connectivity index (χ4v) is 4.41. The molecule has 0 spiro atoms. The molecule has 9 heteroatoms. The summed E-state index contributed by atoms with van der Waals surface area (Å²) in [6.45, 7) is 5.94. The molecule has 156 valence electrons. The van der Waals surface area contributed by atoms with Gasteiger partial charge in [-0.05, 0) is 30.0 Å². The number of benzene rings is 1. The van der Waals surface area contributed by atoms with Crippen LogP contribution in [0.15, 0.2) is 51.7 Å². The summed E-state index contributed by atoms with van der Waals surface area (Å²) in [4.78, 5) is 6.20. The van der Waals surface area contributed by atoms with Gasteiger partial charge in [0.1, 0.15) is 0 Å². The number of hydrogen-bond donors (Lipinski definition) is 2. The average Bonchev–Trinajstić information content (AvgIpc) is 3.18. The van der Waals surface area contributed by atoms with Crippen molar-refractivity contribution in [3.63, 3.8) is 0 Å². The Labute approximate surface area is 189 Å². The highest BCUT2D eigenvalue weighted by Gasteiger charge is 2.20. The van der Waals surface area contributed by atoms with Gasteiger partial charge in [0.15, 0.2) is 5.96 Å². The Bertz CT molecular complexity index is 853. The van der Waals surface area contributed by atoms with Crippen LogP contribution in [0.4, 0.5) is 0 Å². The van der Waals surface area contributed by atoms with E-state index >= 15 is 0 Å². The van der Waals surface area contributed by atoms with Crippen LogP contribution in [0, 0.1) is 0 Å². The van der Waals surface area contributed by atoms with E-state index in [2.05, 4.69) is 40.1 Å². The monoisotopic (exact) mass is 536 g/mol. The molecule has 1 unspecified atom stereocenters. The SMILES string of the molecule is CCNC(=NCc1ccccc1S(=O)(=O)N(C)C)NCC(C)c1cccs1.I. The molecular formula is C19H29IN4O2S2. The molecule has 0 radical (unpaired) electrons. The molecule has 0 saturated carbocycles. The predicted octanol–water partition coefficient (Wildman–Crippen LogP) is 3.48. The molecule has 0 amide bonds. The van der Waals surface area contributed by atoms with E-state index in [9.17, 15) is 8.42 Å². The summed E-state index contributed by atoms with van der Waals surface area (Å²) in [6.07, 6.45) is 0. The second kappa shape index (κ2) is 11.7. The Morgan fingerprint density at radius 1 is 1.18 bits per heavy atom. The number of halogens is 1. The molecule has 1 atom stereocenters. The van der Waals surface area contributed by atoms with E-state index in [1.165, 1.54) is 23.3 Å². The first kappa shape index (κ1) is 24.9. The third-order valence-corrected chi connectivity index (χ3v) is 7.11. The quantitative estimate of drug-likeness (QED) is 0.308. The maximum Gasteiger partial charge on any atom is 0.242 e. The number of thiophene rings is 1. The summed E-state index contributed by atoms with van der Waals surface area (Å²) in [5.41, 5.74) is 0.676. The van der Waals surface area contributed by atoms with E-state index in [-0.39, 0.29) is 30.5 Å². The van der Waals surface area contributed by atoms with Crippen LogP contribution in [0.1, 0.15) is 30.2 Å². The van der Waals surface area contributed by atoms with Gasteiger partial charge in [0.2, 0.25) is 10.0 Å². The molecule has 0 fully saturated rings. The lowest BCUT2D eigenvalue weighted by Crippen LogP contribution is -2.39. The maximum absolute atomic E-state index is 12.5. The maximum atomic E-state index is 12.5. The Kier molecular flexibility index (Phi) is 10.4. The second-order valence-corrected chi connectivity index (χ2v) is 9.49. The van der Waals surface area contributed by atoms with Crippen LogP contribution in [-0.2, 0) is 16.6 Å². The van der Waals surface area contributed by atoms with Crippen LogP contribution in [0.25, 0.3) is 0 Å². The van der Waals surface area contributed by atoms with Crippen molar-refractivity contribution in [1.29, 1.82) is 0 Å². The second-order valence-electron chi connectivity index (χ2n) is 6.39. The highest BCUT2D eigenvalue weighted by molar-refractivity contribution is 14.0. The minimum Gasteiger partial charge on any atom is -0.357 e. The van der Waals surface area contributed by atoms with Crippen LogP contribution in [0.2, 0.25) is 0 Å². The Hall–Kier alpha value is -1.17. The largest absolute Gasteiger partial charge is 0.357 e. The first-order valence-corrected chi connectivity index (χ1v) is 11.2. The fourth-order valence-electron chi connectivity index (χ4n) is 2.51. The van der Waals surface area contributed by atoms with Crippen molar-refractivity contribution < 1.29 is 8.42 Å². The van der Waals surface area contributed by atoms with Gasteiger partial charge >= 0.3 is 0 Å². The van der Waals surface area contributed by atoms with E-state index in [0.717, 1.165) is 13.1 Å². The molecule has 2 rings (SSSR count). The molecule has 1 aromatic heterocycles. The molecular weight excluding hydrogens is 507 g/mol. The zero-order valence-electron chi connectivity index (χ0n) is 16.7. The number of guanidine groups is 1. The van der Waals surface area contributed by atoms with Crippen molar-refractivity contribution >= 4 is 51.3 Å². The summed E-state index contributed by atoms with van der Waals surface area (Å²) in [6, 6.07) is 11.2. The smallest absolute Gasteiger partial charge is 0.242 e. The lowest BCUT2D eigenvalue weighted by atomic mass is 10.1. The number of rotatable bonds is 8. The van der Waals surface area contributed by atoms with Crippen LogP contribution in [-0.4, -0.2) is 45.9 Å². The highest BCUT2D eigenvalue weighted by atomic mass is 127. The van der Waals surface area contributed by atoms with Crippen molar-refractivity contribution in [3.8, 4) is 0 Å². The zero-order valence-corrected chi connectivity index (χ0v) is 20.6. The van der Waals surface area contributed by atoms with Gasteiger partial charge in [-0.2, -0.15) is 0 Å². The van der Waals surface area contributed by atoms with Gasteiger partial charge in [0.05, 0.1) is 11.4 Å². The van der Waals surface area contributed by atoms with Crippen molar-refractivity contribution in [2.75, 3.05) is 27.2 Å². The van der Waals surface area contributed by atoms with Crippen LogP contribution in [0.3, 0.4) is 0 Å². The number of hydrogen-bond acceptors (Lipinski definition) is 4. The van der Waals surface area contributed by atoms with E-state index in [1.54, 1.807) is 29.5 Å². The zero-order chi connectivity index (χ0) is 19.9. The van der Waals surface area contributed by atoms with Crippen LogP contribution in [0.5, 0.6) is 0 Å². The molecule has 1 aromatic carbocycles. The predicted molar refractivity (Wildman–Crippen MR) is 128 cm³/mol. The molecule has 2 aromatic rings. The Morgan fingerprint density at radius 3 is 2.50 bits per heavy atom. The summed E-state index contributed by atoms with van der Waals surface area (Å²) in [5, 5.41) is 8.64. The molecule has 0 aliphatic rings. The van der Waals surface area contributed by atoms with Gasteiger partial charge in [-0.3, -0.25) is 0 Å². The number of sulfonamides is 1. The summed E-state index contributed by atoms with van der Waals surface area (Å²) in [5.74, 6) is 1.05. The topological polar surface area (TPSA) is 73.8 Å². The third kappa shape index (κ3) is 6.71. The first-order valence-electron chi connectivity index (χ1n) is 8.92. The first-order chi connectivity index (χ1) is 12.9. The van der Waals surface area contributed by atoms with Gasteiger partial charge < -0.3 is 10.6 Å². The van der Waals surface area contributed by atoms with Crippen LogP contribution >= 0.6 is 35.3 Å². The number of nitrogens with zero attached hydrogens (tertiary/aromatic N) is 2. The summed E-state index contributed by atoms with van der Waals surface area (Å²) in [7, 11) is -0.429. The van der Waals surface area contributed by atoms with Crippen molar-refractivity contribution in [1.82, 2.24) is 14.9 Å². The molecule has 2 N–H and O–H groups in total. The Balaban J connectivity index is 0.00000392. The lowest BCUT2D eigenvalue weighted by molar-refractivity contribution is 0.519. The standard InChI is InChI=1S/C19H28N4O2S2.HI/c1-5-20-19(21-13-15(2)17-10-8-12-26-17)22-14-16-9-6-7-11-18(16)27(24,25)23(3)4;/h6-12,15H,5,13-14H2,1-4H3,(H2,20,21,22);1H. The minimum atomic E-state index is -3.50. The molecule has 0 bridgehead atoms. The summed E-state index contributed by atoms with van der Waals surface area (Å²) < 4.78 is 26.3. The van der Waals surface area contributed by atoms with E-state index in [4.69, 9.17) is 0 Å². The van der Waals surface area contributed by atoms with Gasteiger partial charge in [-0.15, -0.1) is 35.3 Å². The van der Waals surface area contributed by atoms with E-state index in [0.29, 0.717) is 22.3 Å². The van der Waals surface area contributed by atoms with Gasteiger partial charge in [0, 0.05) is 38.0 Å². The van der Waals surface area contributed by atoms with Crippen LogP contribution < -0.4 is 10.6 Å². The van der Waals surface area contributed by atoms with Gasteiger partial charge in [-0.1, -0.05) is 31.2 Å². The third-order valence-electron chi connectivity index (χ3n) is 4.09. The van der Waals surface area contributed by atoms with Crippen molar-refractivity contribution in [2.24, 2.45) is 4.99 Å². The molecule has 0 aliphatic heterocycles. The molecule has 6 nitrogen and oxygen atoms in total.